The van der Waals surface area contributed by atoms with Gasteiger partial charge in [0.2, 0.25) is 5.16 Å². The SMILES string of the molecule is Cc1cccc2nc(CSc3nnnn3C3CCCCC3)cc(=O)n12. The van der Waals surface area contributed by atoms with Gasteiger partial charge in [0.05, 0.1) is 11.7 Å². The number of aryl methyl sites for hydroxylation is 1. The molecular weight excluding hydrogens is 336 g/mol. The van der Waals surface area contributed by atoms with Gasteiger partial charge in [-0.1, -0.05) is 37.1 Å². The van der Waals surface area contributed by atoms with Crippen molar-refractivity contribution in [3.63, 3.8) is 0 Å². The highest BCUT2D eigenvalue weighted by atomic mass is 32.2. The van der Waals surface area contributed by atoms with Crippen molar-refractivity contribution in [2.24, 2.45) is 0 Å². The lowest BCUT2D eigenvalue weighted by Crippen LogP contribution is -2.17. The number of fused-ring (bicyclic) bond motifs is 1. The van der Waals surface area contributed by atoms with Gasteiger partial charge in [-0.15, -0.1) is 5.10 Å². The lowest BCUT2D eigenvalue weighted by molar-refractivity contribution is 0.307. The van der Waals surface area contributed by atoms with Crippen LogP contribution in [0.3, 0.4) is 0 Å². The number of aromatic nitrogens is 6. The second-order valence-corrected chi connectivity index (χ2v) is 7.38. The van der Waals surface area contributed by atoms with E-state index in [2.05, 4.69) is 20.5 Å². The number of pyridine rings is 1. The maximum atomic E-state index is 12.4. The Bertz CT molecular complexity index is 944. The number of nitrogens with zero attached hydrogens (tertiary/aromatic N) is 6. The lowest BCUT2D eigenvalue weighted by Gasteiger charge is -2.21. The third-order valence-corrected chi connectivity index (χ3v) is 5.63. The van der Waals surface area contributed by atoms with Gasteiger partial charge >= 0.3 is 0 Å². The van der Waals surface area contributed by atoms with E-state index < -0.39 is 0 Å². The normalized spacial score (nSPS) is 15.7. The Morgan fingerprint density at radius 1 is 1.24 bits per heavy atom. The van der Waals surface area contributed by atoms with E-state index >= 15 is 0 Å². The molecule has 0 unspecified atom stereocenters. The molecule has 1 fully saturated rings. The molecule has 0 aromatic carbocycles. The Morgan fingerprint density at radius 3 is 2.92 bits per heavy atom. The number of rotatable bonds is 4. The van der Waals surface area contributed by atoms with Crippen LogP contribution in [0.2, 0.25) is 0 Å². The first-order chi connectivity index (χ1) is 12.2. The third kappa shape index (κ3) is 3.30. The topological polar surface area (TPSA) is 78.0 Å². The van der Waals surface area contributed by atoms with Crippen LogP contribution >= 0.6 is 11.8 Å². The molecule has 0 aliphatic heterocycles. The fourth-order valence-corrected chi connectivity index (χ4v) is 4.25. The molecule has 4 rings (SSSR count). The summed E-state index contributed by atoms with van der Waals surface area (Å²) < 4.78 is 3.57. The number of thioether (sulfide) groups is 1. The minimum Gasteiger partial charge on any atom is -0.269 e. The van der Waals surface area contributed by atoms with E-state index in [9.17, 15) is 4.79 Å². The summed E-state index contributed by atoms with van der Waals surface area (Å²) in [6.07, 6.45) is 6.03. The van der Waals surface area contributed by atoms with Crippen LogP contribution in [0.5, 0.6) is 0 Å². The van der Waals surface area contributed by atoms with Crippen molar-refractivity contribution in [3.8, 4) is 0 Å². The molecule has 25 heavy (non-hydrogen) atoms. The van der Waals surface area contributed by atoms with Crippen molar-refractivity contribution in [2.75, 3.05) is 0 Å². The number of tetrazole rings is 1. The molecule has 0 amide bonds. The second-order valence-electron chi connectivity index (χ2n) is 6.43. The highest BCUT2D eigenvalue weighted by Gasteiger charge is 2.20. The van der Waals surface area contributed by atoms with Gasteiger partial charge in [-0.3, -0.25) is 9.20 Å². The Labute approximate surface area is 149 Å². The van der Waals surface area contributed by atoms with Crippen LogP contribution in [-0.4, -0.2) is 29.6 Å². The Balaban J connectivity index is 1.55. The van der Waals surface area contributed by atoms with Crippen molar-refractivity contribution < 1.29 is 0 Å². The largest absolute Gasteiger partial charge is 0.269 e. The zero-order chi connectivity index (χ0) is 17.2. The predicted octanol–water partition coefficient (Wildman–Crippen LogP) is 2.79. The van der Waals surface area contributed by atoms with Gasteiger partial charge in [-0.2, -0.15) is 0 Å². The van der Waals surface area contributed by atoms with Crippen LogP contribution in [0, 0.1) is 6.92 Å². The summed E-state index contributed by atoms with van der Waals surface area (Å²) in [5, 5.41) is 13.0. The van der Waals surface area contributed by atoms with E-state index in [1.165, 1.54) is 31.0 Å². The minimum absolute atomic E-state index is 0.0504. The molecule has 7 nitrogen and oxygen atoms in total. The zero-order valence-electron chi connectivity index (χ0n) is 14.1. The van der Waals surface area contributed by atoms with E-state index in [0.29, 0.717) is 17.4 Å². The van der Waals surface area contributed by atoms with Crippen LogP contribution in [0.1, 0.15) is 49.5 Å². The van der Waals surface area contributed by atoms with Crippen LogP contribution in [0.25, 0.3) is 5.65 Å². The second kappa shape index (κ2) is 6.95. The summed E-state index contributed by atoms with van der Waals surface area (Å²) in [7, 11) is 0. The predicted molar refractivity (Wildman–Crippen MR) is 95.7 cm³/mol. The van der Waals surface area contributed by atoms with Crippen molar-refractivity contribution >= 4 is 17.4 Å². The van der Waals surface area contributed by atoms with E-state index in [1.807, 2.05) is 29.8 Å². The van der Waals surface area contributed by atoms with Gasteiger partial charge in [0.25, 0.3) is 5.56 Å². The maximum Gasteiger partial charge on any atom is 0.258 e. The Hall–Kier alpha value is -2.22. The van der Waals surface area contributed by atoms with E-state index in [0.717, 1.165) is 29.4 Å². The first-order valence-corrected chi connectivity index (χ1v) is 9.60. The molecule has 0 spiro atoms. The summed E-state index contributed by atoms with van der Waals surface area (Å²) in [4.78, 5) is 17.0. The molecule has 1 saturated carbocycles. The molecule has 0 atom stereocenters. The average molecular weight is 356 g/mol. The van der Waals surface area contributed by atoms with Crippen LogP contribution in [-0.2, 0) is 5.75 Å². The standard InChI is InChI=1S/C17H20N6OS/c1-12-6-5-9-15-18-13(10-16(24)22(12)15)11-25-17-19-20-21-23(17)14-7-3-2-4-8-14/h5-6,9-10,14H,2-4,7-8,11H2,1H3. The monoisotopic (exact) mass is 356 g/mol. The third-order valence-electron chi connectivity index (χ3n) is 4.67. The molecule has 3 aromatic heterocycles. The molecule has 3 heterocycles. The van der Waals surface area contributed by atoms with Crippen molar-refractivity contribution in [1.29, 1.82) is 0 Å². The molecule has 1 aliphatic carbocycles. The Kier molecular flexibility index (Phi) is 4.52. The summed E-state index contributed by atoms with van der Waals surface area (Å²) in [6.45, 7) is 1.91. The molecule has 8 heteroatoms. The quantitative estimate of drug-likeness (QED) is 0.669. The highest BCUT2D eigenvalue weighted by Crippen LogP contribution is 2.30. The summed E-state index contributed by atoms with van der Waals surface area (Å²) in [6, 6.07) is 7.67. The van der Waals surface area contributed by atoms with Crippen LogP contribution < -0.4 is 5.56 Å². The van der Waals surface area contributed by atoms with Gasteiger partial charge < -0.3 is 0 Å². The first-order valence-electron chi connectivity index (χ1n) is 8.61. The van der Waals surface area contributed by atoms with E-state index in [-0.39, 0.29) is 5.56 Å². The highest BCUT2D eigenvalue weighted by molar-refractivity contribution is 7.98. The zero-order valence-corrected chi connectivity index (χ0v) is 14.9. The molecule has 0 bridgehead atoms. The fourth-order valence-electron chi connectivity index (χ4n) is 3.41. The van der Waals surface area contributed by atoms with Crippen LogP contribution in [0.15, 0.2) is 34.2 Å². The molecular formula is C17H20N6OS. The molecule has 1 aliphatic rings. The van der Waals surface area contributed by atoms with E-state index in [4.69, 9.17) is 0 Å². The minimum atomic E-state index is -0.0504. The van der Waals surface area contributed by atoms with Crippen molar-refractivity contribution in [2.45, 2.75) is 56.0 Å². The van der Waals surface area contributed by atoms with Crippen molar-refractivity contribution in [1.82, 2.24) is 29.6 Å². The molecule has 0 radical (unpaired) electrons. The number of hydrogen-bond donors (Lipinski definition) is 0. The van der Waals surface area contributed by atoms with Gasteiger partial charge in [-0.25, -0.2) is 9.67 Å². The fraction of sp³-hybridized carbons (Fsp3) is 0.471. The van der Waals surface area contributed by atoms with Gasteiger partial charge in [0.1, 0.15) is 5.65 Å². The summed E-state index contributed by atoms with van der Waals surface area (Å²) in [5.41, 5.74) is 2.26. The van der Waals surface area contributed by atoms with Gasteiger partial charge in [0, 0.05) is 17.5 Å². The smallest absolute Gasteiger partial charge is 0.258 e. The molecule has 130 valence electrons. The van der Waals surface area contributed by atoms with Gasteiger partial charge in [0.15, 0.2) is 0 Å². The number of hydrogen-bond acceptors (Lipinski definition) is 6. The van der Waals surface area contributed by atoms with Gasteiger partial charge in [-0.05, 0) is 42.3 Å². The molecule has 0 N–H and O–H groups in total. The Morgan fingerprint density at radius 2 is 2.08 bits per heavy atom. The van der Waals surface area contributed by atoms with E-state index in [1.54, 1.807) is 10.5 Å². The van der Waals surface area contributed by atoms with Crippen LogP contribution in [0.4, 0.5) is 0 Å². The first kappa shape index (κ1) is 16.3. The molecule has 0 saturated heterocycles. The molecule has 3 aromatic rings. The summed E-state index contributed by atoms with van der Waals surface area (Å²) >= 11 is 1.54. The average Bonchev–Trinajstić information content (AvgIpc) is 3.09. The van der Waals surface area contributed by atoms with Crippen molar-refractivity contribution in [3.05, 3.63) is 46.0 Å². The maximum absolute atomic E-state index is 12.4. The summed E-state index contributed by atoms with van der Waals surface area (Å²) in [5.74, 6) is 0.576. The lowest BCUT2D eigenvalue weighted by atomic mass is 9.96.